The van der Waals surface area contributed by atoms with E-state index in [1.165, 1.54) is 11.8 Å². The van der Waals surface area contributed by atoms with Crippen LogP contribution in [-0.2, 0) is 11.3 Å². The summed E-state index contributed by atoms with van der Waals surface area (Å²) in [5.74, 6) is -0.404. The summed E-state index contributed by atoms with van der Waals surface area (Å²) in [4.78, 5) is 20.9. The molecule has 0 saturated heterocycles. The number of aryl methyl sites for hydroxylation is 2. The molecule has 2 N–H and O–H groups in total. The third-order valence-electron chi connectivity index (χ3n) is 4.63. The largest absolute Gasteiger partial charge is 0.367 e. The molecule has 0 bridgehead atoms. The first kappa shape index (κ1) is 19.1. The van der Waals surface area contributed by atoms with Crippen molar-refractivity contribution in [2.75, 3.05) is 0 Å². The number of hydrazone groups is 1. The molecule has 2 aromatic heterocycles. The van der Waals surface area contributed by atoms with E-state index in [4.69, 9.17) is 5.73 Å². The molecule has 3 aromatic rings. The highest BCUT2D eigenvalue weighted by atomic mass is 32.2. The number of hydrogen-bond acceptors (Lipinski definition) is 6. The van der Waals surface area contributed by atoms with Crippen LogP contribution in [0.5, 0.6) is 0 Å². The van der Waals surface area contributed by atoms with Crippen molar-refractivity contribution in [2.24, 2.45) is 10.8 Å². The molecule has 1 aliphatic rings. The molecule has 0 radical (unpaired) electrons. The molecule has 146 valence electrons. The van der Waals surface area contributed by atoms with E-state index in [0.29, 0.717) is 6.54 Å². The van der Waals surface area contributed by atoms with Crippen molar-refractivity contribution in [3.05, 3.63) is 83.3 Å². The Kier molecular flexibility index (Phi) is 5.31. The summed E-state index contributed by atoms with van der Waals surface area (Å²) in [5, 5.41) is 6.65. The number of pyridine rings is 2. The molecule has 6 nitrogen and oxygen atoms in total. The molecule has 1 aliphatic heterocycles. The van der Waals surface area contributed by atoms with E-state index in [1.54, 1.807) is 11.2 Å². The van der Waals surface area contributed by atoms with Crippen molar-refractivity contribution in [1.82, 2.24) is 15.0 Å². The minimum absolute atomic E-state index is 0.404. The van der Waals surface area contributed by atoms with E-state index in [0.717, 1.165) is 38.7 Å². The minimum Gasteiger partial charge on any atom is -0.367 e. The molecule has 0 fully saturated rings. The van der Waals surface area contributed by atoms with Crippen LogP contribution in [0.1, 0.15) is 22.4 Å². The summed E-state index contributed by atoms with van der Waals surface area (Å²) >= 11 is 1.38. The SMILES string of the molecule is Cc1cc(-c2ncc(CN3N=C(c4ccccc4)SC3C(N)=O)cc2C)ccn1. The Morgan fingerprint density at radius 3 is 2.59 bits per heavy atom. The van der Waals surface area contributed by atoms with Gasteiger partial charge >= 0.3 is 0 Å². The van der Waals surface area contributed by atoms with Crippen LogP contribution < -0.4 is 5.73 Å². The van der Waals surface area contributed by atoms with E-state index in [-0.39, 0.29) is 0 Å². The zero-order valence-electron chi connectivity index (χ0n) is 16.2. The Bertz CT molecular complexity index is 1080. The van der Waals surface area contributed by atoms with Crippen LogP contribution in [0.4, 0.5) is 0 Å². The Morgan fingerprint density at radius 1 is 1.10 bits per heavy atom. The number of rotatable bonds is 5. The molecule has 1 aromatic carbocycles. The number of benzene rings is 1. The van der Waals surface area contributed by atoms with Crippen molar-refractivity contribution in [1.29, 1.82) is 0 Å². The second-order valence-electron chi connectivity index (χ2n) is 6.94. The summed E-state index contributed by atoms with van der Waals surface area (Å²) in [6.45, 7) is 4.45. The van der Waals surface area contributed by atoms with E-state index in [9.17, 15) is 4.79 Å². The maximum atomic E-state index is 12.0. The van der Waals surface area contributed by atoms with Crippen molar-refractivity contribution in [3.8, 4) is 11.3 Å². The number of aromatic nitrogens is 2. The van der Waals surface area contributed by atoms with Gasteiger partial charge in [-0.3, -0.25) is 19.8 Å². The van der Waals surface area contributed by atoms with Gasteiger partial charge in [0.25, 0.3) is 5.91 Å². The number of hydrogen-bond donors (Lipinski definition) is 1. The fourth-order valence-electron chi connectivity index (χ4n) is 3.29. The Labute approximate surface area is 173 Å². The van der Waals surface area contributed by atoms with Gasteiger partial charge in [0, 0.05) is 29.2 Å². The molecule has 3 heterocycles. The predicted octanol–water partition coefficient (Wildman–Crippen LogP) is 3.48. The van der Waals surface area contributed by atoms with Gasteiger partial charge in [-0.15, -0.1) is 0 Å². The standard InChI is InChI=1S/C22H21N5OS/c1-14-10-16(12-25-19(14)18-8-9-24-15(2)11-18)13-27-22(20(23)28)29-21(26-27)17-6-4-3-5-7-17/h3-12,22H,13H2,1-2H3,(H2,23,28). The second kappa shape index (κ2) is 8.05. The average molecular weight is 404 g/mol. The fourth-order valence-corrected chi connectivity index (χ4v) is 4.29. The molecular weight excluding hydrogens is 382 g/mol. The Hall–Kier alpha value is -3.19. The van der Waals surface area contributed by atoms with Crippen LogP contribution >= 0.6 is 11.8 Å². The van der Waals surface area contributed by atoms with Gasteiger partial charge in [0.05, 0.1) is 12.2 Å². The quantitative estimate of drug-likeness (QED) is 0.705. The molecule has 1 atom stereocenters. The van der Waals surface area contributed by atoms with Gasteiger partial charge in [-0.1, -0.05) is 48.2 Å². The monoisotopic (exact) mass is 403 g/mol. The first-order valence-corrected chi connectivity index (χ1v) is 10.1. The van der Waals surface area contributed by atoms with E-state index in [2.05, 4.69) is 21.1 Å². The lowest BCUT2D eigenvalue weighted by molar-refractivity contribution is -0.120. The highest BCUT2D eigenvalue weighted by Gasteiger charge is 2.32. The fraction of sp³-hybridized carbons (Fsp3) is 0.182. The minimum atomic E-state index is -0.534. The third-order valence-corrected chi connectivity index (χ3v) is 5.87. The molecule has 1 unspecified atom stereocenters. The summed E-state index contributed by atoms with van der Waals surface area (Å²) in [5.41, 5.74) is 11.6. The smallest absolute Gasteiger partial charge is 0.252 e. The summed E-state index contributed by atoms with van der Waals surface area (Å²) in [6, 6.07) is 15.9. The van der Waals surface area contributed by atoms with Crippen LogP contribution in [0.25, 0.3) is 11.3 Å². The number of nitrogens with zero attached hydrogens (tertiary/aromatic N) is 4. The number of thioether (sulfide) groups is 1. The van der Waals surface area contributed by atoms with Gasteiger partial charge in [-0.25, -0.2) is 0 Å². The van der Waals surface area contributed by atoms with Gasteiger partial charge in [-0.2, -0.15) is 5.10 Å². The van der Waals surface area contributed by atoms with Crippen LogP contribution in [-0.4, -0.2) is 31.3 Å². The molecular formula is C22H21N5OS. The number of carbonyl (C=O) groups is 1. The maximum Gasteiger partial charge on any atom is 0.252 e. The maximum absolute atomic E-state index is 12.0. The van der Waals surface area contributed by atoms with E-state index in [1.807, 2.05) is 62.5 Å². The summed E-state index contributed by atoms with van der Waals surface area (Å²) in [7, 11) is 0. The third kappa shape index (κ3) is 4.14. The summed E-state index contributed by atoms with van der Waals surface area (Å²) in [6.07, 6.45) is 3.62. The van der Waals surface area contributed by atoms with Gasteiger partial charge in [0.2, 0.25) is 0 Å². The molecule has 7 heteroatoms. The lowest BCUT2D eigenvalue weighted by Gasteiger charge is -2.20. The van der Waals surface area contributed by atoms with Crippen molar-refractivity contribution >= 4 is 22.7 Å². The Balaban J connectivity index is 1.59. The molecule has 4 rings (SSSR count). The van der Waals surface area contributed by atoms with Gasteiger partial charge in [0.1, 0.15) is 5.04 Å². The molecule has 29 heavy (non-hydrogen) atoms. The van der Waals surface area contributed by atoms with Crippen LogP contribution in [0.2, 0.25) is 0 Å². The molecule has 1 amide bonds. The summed E-state index contributed by atoms with van der Waals surface area (Å²) < 4.78 is 0. The average Bonchev–Trinajstić information content (AvgIpc) is 3.13. The number of carbonyl (C=O) groups excluding carboxylic acids is 1. The van der Waals surface area contributed by atoms with Gasteiger partial charge in [0.15, 0.2) is 5.37 Å². The van der Waals surface area contributed by atoms with Gasteiger partial charge < -0.3 is 5.73 Å². The van der Waals surface area contributed by atoms with Crippen molar-refractivity contribution < 1.29 is 4.79 Å². The zero-order chi connectivity index (χ0) is 20.4. The number of primary amides is 1. The second-order valence-corrected chi connectivity index (χ2v) is 8.01. The lowest BCUT2D eigenvalue weighted by Crippen LogP contribution is -2.36. The van der Waals surface area contributed by atoms with E-state index >= 15 is 0 Å². The first-order valence-electron chi connectivity index (χ1n) is 9.26. The first-order chi connectivity index (χ1) is 14.0. The molecule has 0 saturated carbocycles. The van der Waals surface area contributed by atoms with E-state index < -0.39 is 11.3 Å². The van der Waals surface area contributed by atoms with Crippen LogP contribution in [0.3, 0.4) is 0 Å². The van der Waals surface area contributed by atoms with Crippen molar-refractivity contribution in [2.45, 2.75) is 25.8 Å². The van der Waals surface area contributed by atoms with Crippen molar-refractivity contribution in [3.63, 3.8) is 0 Å². The topological polar surface area (TPSA) is 84.5 Å². The highest BCUT2D eigenvalue weighted by Crippen LogP contribution is 2.31. The molecule has 0 spiro atoms. The lowest BCUT2D eigenvalue weighted by atomic mass is 10.1. The highest BCUT2D eigenvalue weighted by molar-refractivity contribution is 8.15. The van der Waals surface area contributed by atoms with Crippen LogP contribution in [0, 0.1) is 13.8 Å². The predicted molar refractivity (Wildman–Crippen MR) is 116 cm³/mol. The van der Waals surface area contributed by atoms with Crippen LogP contribution in [0.15, 0.2) is 66.0 Å². The normalized spacial score (nSPS) is 16.0. The Morgan fingerprint density at radius 2 is 1.90 bits per heavy atom. The zero-order valence-corrected chi connectivity index (χ0v) is 17.1. The van der Waals surface area contributed by atoms with Gasteiger partial charge in [-0.05, 0) is 37.1 Å². The number of amides is 1. The molecule has 0 aliphatic carbocycles. The number of nitrogens with two attached hydrogens (primary N) is 1.